The first-order valence-electron chi connectivity index (χ1n) is 11.4. The molecule has 1 saturated heterocycles. The van der Waals surface area contributed by atoms with E-state index in [0.717, 1.165) is 16.4 Å². The fraction of sp³-hybridized carbons (Fsp3) is 0.320. The number of rotatable bonds is 7. The second-order valence-corrected chi connectivity index (χ2v) is 8.29. The van der Waals surface area contributed by atoms with Crippen LogP contribution in [0, 0.1) is 0 Å². The lowest BCUT2D eigenvalue weighted by molar-refractivity contribution is -0.137. The summed E-state index contributed by atoms with van der Waals surface area (Å²) in [6.07, 6.45) is -3.19. The number of carbonyl (C=O) groups excluding carboxylic acids is 2. The van der Waals surface area contributed by atoms with Gasteiger partial charge >= 0.3 is 6.18 Å². The van der Waals surface area contributed by atoms with Crippen molar-refractivity contribution in [3.63, 3.8) is 0 Å². The molecule has 3 aromatic rings. The Labute approximate surface area is 205 Å². The van der Waals surface area contributed by atoms with Crippen molar-refractivity contribution >= 4 is 39.8 Å². The number of hydrogen-bond acceptors (Lipinski definition) is 6. The Balaban J connectivity index is 1.57. The molecule has 1 atom stereocenters. The van der Waals surface area contributed by atoms with Gasteiger partial charge < -0.3 is 25.4 Å². The summed E-state index contributed by atoms with van der Waals surface area (Å²) in [6.45, 7) is 1.71. The van der Waals surface area contributed by atoms with Gasteiger partial charge in [-0.2, -0.15) is 13.2 Å². The number of ether oxygens (including phenoxy) is 2. The molecule has 1 fully saturated rings. The van der Waals surface area contributed by atoms with Gasteiger partial charge in [-0.15, -0.1) is 0 Å². The third-order valence-electron chi connectivity index (χ3n) is 5.74. The maximum absolute atomic E-state index is 13.9. The normalized spacial score (nSPS) is 15.1. The molecular formula is C25H25F3N4O4. The van der Waals surface area contributed by atoms with Crippen LogP contribution in [0.1, 0.15) is 25.3 Å². The van der Waals surface area contributed by atoms with E-state index in [-0.39, 0.29) is 31.1 Å². The van der Waals surface area contributed by atoms with Crippen molar-refractivity contribution in [3.8, 4) is 5.75 Å². The second-order valence-electron chi connectivity index (χ2n) is 8.29. The van der Waals surface area contributed by atoms with Gasteiger partial charge in [0.2, 0.25) is 0 Å². The van der Waals surface area contributed by atoms with E-state index in [1.807, 2.05) is 6.92 Å². The van der Waals surface area contributed by atoms with E-state index < -0.39 is 29.7 Å². The number of fused-ring (bicyclic) bond motifs is 1. The molecule has 2 aromatic carbocycles. The molecule has 1 aliphatic rings. The lowest BCUT2D eigenvalue weighted by Crippen LogP contribution is -2.42. The first-order chi connectivity index (χ1) is 17.2. The van der Waals surface area contributed by atoms with Crippen LogP contribution in [0.2, 0.25) is 0 Å². The monoisotopic (exact) mass is 502 g/mol. The number of carbonyl (C=O) groups is 2. The minimum Gasteiger partial charge on any atom is -0.481 e. The summed E-state index contributed by atoms with van der Waals surface area (Å²) in [5.41, 5.74) is 4.56. The number of pyridine rings is 1. The fourth-order valence-corrected chi connectivity index (χ4v) is 3.98. The van der Waals surface area contributed by atoms with Gasteiger partial charge in [0.05, 0.1) is 17.9 Å². The van der Waals surface area contributed by atoms with E-state index in [1.165, 1.54) is 12.1 Å². The highest BCUT2D eigenvalue weighted by molar-refractivity contribution is 5.98. The molecule has 8 nitrogen and oxygen atoms in total. The minimum atomic E-state index is -4.74. The fourth-order valence-electron chi connectivity index (χ4n) is 3.98. The van der Waals surface area contributed by atoms with Crippen molar-refractivity contribution in [2.24, 2.45) is 0 Å². The van der Waals surface area contributed by atoms with Crippen molar-refractivity contribution in [2.75, 3.05) is 35.7 Å². The molecule has 1 aromatic heterocycles. The zero-order chi connectivity index (χ0) is 25.9. The summed E-state index contributed by atoms with van der Waals surface area (Å²) >= 11 is 0. The first-order valence-corrected chi connectivity index (χ1v) is 11.4. The van der Waals surface area contributed by atoms with Crippen LogP contribution < -0.4 is 20.7 Å². The molecule has 11 heteroatoms. The summed E-state index contributed by atoms with van der Waals surface area (Å²) in [6, 6.07) is 10.3. The molecule has 3 N–H and O–H groups in total. The van der Waals surface area contributed by atoms with Gasteiger partial charge in [0, 0.05) is 23.8 Å². The topological polar surface area (TPSA) is 107 Å². The number of benzene rings is 2. The van der Waals surface area contributed by atoms with Crippen LogP contribution in [0.25, 0.3) is 10.8 Å². The maximum atomic E-state index is 13.9. The number of nitrogens with two attached hydrogens (primary N) is 1. The van der Waals surface area contributed by atoms with Crippen LogP contribution in [0.4, 0.5) is 30.4 Å². The van der Waals surface area contributed by atoms with E-state index in [2.05, 4.69) is 10.3 Å². The van der Waals surface area contributed by atoms with Crippen molar-refractivity contribution in [1.82, 2.24) is 4.98 Å². The van der Waals surface area contributed by atoms with E-state index >= 15 is 0 Å². The molecule has 1 unspecified atom stereocenters. The molecule has 190 valence electrons. The Morgan fingerprint density at radius 2 is 2.06 bits per heavy atom. The standard InChI is InChI=1S/C25H25F3N4O4/c1-2-3-21(36-17-6-4-15-8-9-30-23(29)18(15)13-17)24(34)31-16-5-7-20(19(12-16)25(26,27)28)32-10-11-35-14-22(32)33/h4-9,12-13,21H,2-3,10-11,14H2,1H3,(H2,29,30)(H,31,34). The number of morpholine rings is 1. The molecular weight excluding hydrogens is 477 g/mol. The van der Waals surface area contributed by atoms with Gasteiger partial charge in [0.25, 0.3) is 11.8 Å². The number of alkyl halides is 3. The molecule has 0 aliphatic carbocycles. The van der Waals surface area contributed by atoms with Gasteiger partial charge in [-0.25, -0.2) is 4.98 Å². The molecule has 2 amide bonds. The average Bonchev–Trinajstić information content (AvgIpc) is 2.84. The predicted molar refractivity (Wildman–Crippen MR) is 129 cm³/mol. The van der Waals surface area contributed by atoms with Crippen LogP contribution in [-0.2, 0) is 20.5 Å². The average molecular weight is 502 g/mol. The predicted octanol–water partition coefficient (Wildman–Crippen LogP) is 4.39. The quantitative estimate of drug-likeness (QED) is 0.497. The Hall–Kier alpha value is -3.86. The Bertz CT molecular complexity index is 1280. The molecule has 1 aliphatic heterocycles. The van der Waals surface area contributed by atoms with E-state index in [9.17, 15) is 22.8 Å². The van der Waals surface area contributed by atoms with Gasteiger partial charge in [-0.05, 0) is 48.2 Å². The number of aromatic nitrogens is 1. The number of anilines is 3. The molecule has 36 heavy (non-hydrogen) atoms. The van der Waals surface area contributed by atoms with E-state index in [0.29, 0.717) is 29.8 Å². The van der Waals surface area contributed by atoms with E-state index in [4.69, 9.17) is 15.2 Å². The van der Waals surface area contributed by atoms with Gasteiger partial charge in [0.1, 0.15) is 18.2 Å². The number of amides is 2. The lowest BCUT2D eigenvalue weighted by Gasteiger charge is -2.29. The van der Waals surface area contributed by atoms with Gasteiger partial charge in [0.15, 0.2) is 6.10 Å². The van der Waals surface area contributed by atoms with Gasteiger partial charge in [-0.3, -0.25) is 9.59 Å². The van der Waals surface area contributed by atoms with Crippen LogP contribution in [-0.4, -0.2) is 42.7 Å². The highest BCUT2D eigenvalue weighted by atomic mass is 19.4. The zero-order valence-corrected chi connectivity index (χ0v) is 19.5. The number of nitrogens with one attached hydrogen (secondary N) is 1. The molecule has 4 rings (SSSR count). The SMILES string of the molecule is CCCC(Oc1ccc2ccnc(N)c2c1)C(=O)Nc1ccc(N2CCOCC2=O)c(C(F)(F)F)c1. The molecule has 0 saturated carbocycles. The van der Waals surface area contributed by atoms with Crippen molar-refractivity contribution in [3.05, 3.63) is 54.2 Å². The van der Waals surface area contributed by atoms with Gasteiger partial charge in [-0.1, -0.05) is 19.4 Å². The van der Waals surface area contributed by atoms with Crippen molar-refractivity contribution < 1.29 is 32.2 Å². The second kappa shape index (κ2) is 10.4. The lowest BCUT2D eigenvalue weighted by atomic mass is 10.1. The Kier molecular flexibility index (Phi) is 7.30. The van der Waals surface area contributed by atoms with Crippen LogP contribution in [0.5, 0.6) is 5.75 Å². The van der Waals surface area contributed by atoms with Crippen LogP contribution in [0.3, 0.4) is 0 Å². The van der Waals surface area contributed by atoms with Crippen LogP contribution in [0.15, 0.2) is 48.7 Å². The summed E-state index contributed by atoms with van der Waals surface area (Å²) < 4.78 is 52.5. The highest BCUT2D eigenvalue weighted by Gasteiger charge is 2.37. The third kappa shape index (κ3) is 5.51. The Morgan fingerprint density at radius 3 is 2.78 bits per heavy atom. The minimum absolute atomic E-state index is 0.00578. The highest BCUT2D eigenvalue weighted by Crippen LogP contribution is 2.39. The van der Waals surface area contributed by atoms with Crippen LogP contribution >= 0.6 is 0 Å². The largest absolute Gasteiger partial charge is 0.481 e. The summed E-state index contributed by atoms with van der Waals surface area (Å²) in [5, 5.41) is 4.03. The Morgan fingerprint density at radius 1 is 1.25 bits per heavy atom. The number of hydrogen-bond donors (Lipinski definition) is 2. The molecule has 2 heterocycles. The summed E-state index contributed by atoms with van der Waals surface area (Å²) in [4.78, 5) is 30.2. The zero-order valence-electron chi connectivity index (χ0n) is 19.5. The molecule has 0 spiro atoms. The molecule has 0 radical (unpaired) electrons. The third-order valence-corrected chi connectivity index (χ3v) is 5.74. The summed E-state index contributed by atoms with van der Waals surface area (Å²) in [5.74, 6) is -0.466. The van der Waals surface area contributed by atoms with Crippen molar-refractivity contribution in [1.29, 1.82) is 0 Å². The first kappa shape index (κ1) is 25.2. The molecule has 0 bridgehead atoms. The van der Waals surface area contributed by atoms with E-state index in [1.54, 1.807) is 30.5 Å². The number of nitrogen functional groups attached to an aromatic ring is 1. The maximum Gasteiger partial charge on any atom is 0.418 e. The summed E-state index contributed by atoms with van der Waals surface area (Å²) in [7, 11) is 0. The number of nitrogens with zero attached hydrogens (tertiary/aromatic N) is 2. The smallest absolute Gasteiger partial charge is 0.418 e. The van der Waals surface area contributed by atoms with Crippen molar-refractivity contribution in [2.45, 2.75) is 32.0 Å². The number of halogens is 3.